The van der Waals surface area contributed by atoms with E-state index in [0.29, 0.717) is 23.7 Å². The molecule has 1 N–H and O–H groups in total. The molecule has 0 atom stereocenters. The number of methoxy groups -OCH3 is 1. The molecule has 0 radical (unpaired) electrons. The maximum absolute atomic E-state index is 11.8. The fourth-order valence-corrected chi connectivity index (χ4v) is 4.66. The van der Waals surface area contributed by atoms with Crippen LogP contribution in [0.1, 0.15) is 28.9 Å². The molecule has 0 aliphatic heterocycles. The molecule has 3 heterocycles. The second-order valence-corrected chi connectivity index (χ2v) is 8.84. The second kappa shape index (κ2) is 8.02. The van der Waals surface area contributed by atoms with E-state index in [4.69, 9.17) is 9.72 Å². The number of benzene rings is 2. The minimum absolute atomic E-state index is 0.150. The predicted octanol–water partition coefficient (Wildman–Crippen LogP) is 5.22. The van der Waals surface area contributed by atoms with E-state index in [9.17, 15) is 9.90 Å². The first kappa shape index (κ1) is 20.5. The summed E-state index contributed by atoms with van der Waals surface area (Å²) < 4.78 is 10.1. The zero-order valence-electron chi connectivity index (χ0n) is 18.8. The van der Waals surface area contributed by atoms with Gasteiger partial charge >= 0.3 is 5.97 Å². The molecular formula is C27H24N4O3. The average Bonchev–Trinajstić information content (AvgIpc) is 3.51. The highest BCUT2D eigenvalue weighted by molar-refractivity contribution is 5.97. The van der Waals surface area contributed by atoms with Crippen LogP contribution in [-0.4, -0.2) is 37.3 Å². The van der Waals surface area contributed by atoms with Gasteiger partial charge in [-0.2, -0.15) is 0 Å². The van der Waals surface area contributed by atoms with Crippen LogP contribution in [0.2, 0.25) is 0 Å². The van der Waals surface area contributed by atoms with Crippen molar-refractivity contribution in [1.29, 1.82) is 0 Å². The lowest BCUT2D eigenvalue weighted by Crippen LogP contribution is -2.08. The molecule has 5 aromatic rings. The summed E-state index contributed by atoms with van der Waals surface area (Å²) in [6.45, 7) is 1.42. The van der Waals surface area contributed by atoms with Gasteiger partial charge in [-0.1, -0.05) is 24.3 Å². The summed E-state index contributed by atoms with van der Waals surface area (Å²) in [5.41, 5.74) is 4.58. The van der Waals surface area contributed by atoms with Gasteiger partial charge < -0.3 is 19.0 Å². The molecule has 0 bridgehead atoms. The Balaban J connectivity index is 1.64. The number of pyridine rings is 1. The summed E-state index contributed by atoms with van der Waals surface area (Å²) in [7, 11) is 1.56. The number of aromatic carboxylic acids is 1. The van der Waals surface area contributed by atoms with E-state index in [-0.39, 0.29) is 5.56 Å². The van der Waals surface area contributed by atoms with Crippen molar-refractivity contribution >= 4 is 27.9 Å². The molecule has 3 aromatic heterocycles. The number of aromatic nitrogens is 4. The van der Waals surface area contributed by atoms with Crippen LogP contribution < -0.4 is 4.74 Å². The highest BCUT2D eigenvalue weighted by Crippen LogP contribution is 2.38. The Labute approximate surface area is 196 Å². The van der Waals surface area contributed by atoms with Crippen molar-refractivity contribution in [3.8, 4) is 17.3 Å². The van der Waals surface area contributed by atoms with Gasteiger partial charge in [0.15, 0.2) is 5.82 Å². The topological polar surface area (TPSA) is 82.2 Å². The number of hydrogen-bond acceptors (Lipinski definition) is 4. The molecule has 170 valence electrons. The van der Waals surface area contributed by atoms with Crippen molar-refractivity contribution in [1.82, 2.24) is 19.1 Å². The quantitative estimate of drug-likeness (QED) is 0.366. The highest BCUT2D eigenvalue weighted by Gasteiger charge is 2.27. The summed E-state index contributed by atoms with van der Waals surface area (Å²) >= 11 is 0. The number of carbonyl (C=O) groups is 1. The van der Waals surface area contributed by atoms with E-state index in [1.54, 1.807) is 25.4 Å². The Bertz CT molecular complexity index is 1530. The van der Waals surface area contributed by atoms with E-state index in [2.05, 4.69) is 38.4 Å². The molecule has 0 unspecified atom stereocenters. The minimum atomic E-state index is -1.01. The van der Waals surface area contributed by atoms with Crippen LogP contribution in [0.4, 0.5) is 0 Å². The van der Waals surface area contributed by atoms with Crippen molar-refractivity contribution in [2.75, 3.05) is 7.11 Å². The molecule has 0 spiro atoms. The van der Waals surface area contributed by atoms with Crippen molar-refractivity contribution in [3.05, 3.63) is 78.1 Å². The SMILES string of the molecule is COc1cc(C(=O)O)cc2nc(-c3cc4ccccc4n3CC3CC3)n(Cc3ccccn3)c12. The van der Waals surface area contributed by atoms with Crippen LogP contribution in [-0.2, 0) is 13.1 Å². The maximum Gasteiger partial charge on any atom is 0.335 e. The Kier molecular flexibility index (Phi) is 4.83. The number of para-hydroxylation sites is 1. The first-order valence-corrected chi connectivity index (χ1v) is 11.4. The summed E-state index contributed by atoms with van der Waals surface area (Å²) in [6.07, 6.45) is 4.26. The number of carboxylic acid groups (broad SMARTS) is 1. The fraction of sp³-hybridized carbons (Fsp3) is 0.222. The lowest BCUT2D eigenvalue weighted by molar-refractivity contribution is 0.0696. The fourth-order valence-electron chi connectivity index (χ4n) is 4.66. The number of hydrogen-bond donors (Lipinski definition) is 1. The van der Waals surface area contributed by atoms with Crippen molar-refractivity contribution in [2.24, 2.45) is 5.92 Å². The van der Waals surface area contributed by atoms with Crippen molar-refractivity contribution in [2.45, 2.75) is 25.9 Å². The standard InChI is InChI=1S/C27H24N4O3/c1-34-24-14-19(27(32)33)12-21-25(24)31(16-20-7-4-5-11-28-20)26(29-21)23-13-18-6-2-3-8-22(18)30(23)15-17-9-10-17/h2-8,11-14,17H,9-10,15-16H2,1H3,(H,32,33). The molecule has 1 aliphatic rings. The number of imidazole rings is 1. The zero-order chi connectivity index (χ0) is 23.2. The van der Waals surface area contributed by atoms with Gasteiger partial charge in [0.25, 0.3) is 0 Å². The Hall–Kier alpha value is -4.13. The van der Waals surface area contributed by atoms with Gasteiger partial charge in [0.2, 0.25) is 0 Å². The highest BCUT2D eigenvalue weighted by atomic mass is 16.5. The van der Waals surface area contributed by atoms with Crippen LogP contribution in [0, 0.1) is 5.92 Å². The van der Waals surface area contributed by atoms with Gasteiger partial charge in [0.1, 0.15) is 11.3 Å². The van der Waals surface area contributed by atoms with E-state index in [0.717, 1.165) is 34.7 Å². The molecule has 1 aliphatic carbocycles. The number of carboxylic acids is 1. The van der Waals surface area contributed by atoms with Gasteiger partial charge in [-0.15, -0.1) is 0 Å². The Morgan fingerprint density at radius 2 is 1.91 bits per heavy atom. The Morgan fingerprint density at radius 3 is 2.65 bits per heavy atom. The first-order chi connectivity index (χ1) is 16.6. The third-order valence-electron chi connectivity index (χ3n) is 6.50. The molecule has 2 aromatic carbocycles. The van der Waals surface area contributed by atoms with Crippen LogP contribution in [0.5, 0.6) is 5.75 Å². The van der Waals surface area contributed by atoms with Gasteiger partial charge in [-0.3, -0.25) is 4.98 Å². The normalized spacial score (nSPS) is 13.6. The van der Waals surface area contributed by atoms with Crippen LogP contribution in [0.3, 0.4) is 0 Å². The van der Waals surface area contributed by atoms with Crippen LogP contribution >= 0.6 is 0 Å². The van der Waals surface area contributed by atoms with Gasteiger partial charge in [-0.25, -0.2) is 9.78 Å². The van der Waals surface area contributed by atoms with Crippen molar-refractivity contribution in [3.63, 3.8) is 0 Å². The third kappa shape index (κ3) is 3.50. The van der Waals surface area contributed by atoms with Gasteiger partial charge in [-0.05, 0) is 55.2 Å². The van der Waals surface area contributed by atoms with E-state index >= 15 is 0 Å². The van der Waals surface area contributed by atoms with Gasteiger partial charge in [0.05, 0.1) is 36.1 Å². The second-order valence-electron chi connectivity index (χ2n) is 8.84. The molecule has 1 fully saturated rings. The molecule has 0 amide bonds. The Morgan fingerprint density at radius 1 is 1.09 bits per heavy atom. The molecular weight excluding hydrogens is 428 g/mol. The molecule has 0 saturated heterocycles. The molecule has 7 heteroatoms. The molecule has 6 rings (SSSR count). The zero-order valence-corrected chi connectivity index (χ0v) is 18.8. The van der Waals surface area contributed by atoms with Gasteiger partial charge in [0, 0.05) is 23.6 Å². The smallest absolute Gasteiger partial charge is 0.335 e. The van der Waals surface area contributed by atoms with E-state index in [1.807, 2.05) is 24.3 Å². The molecule has 7 nitrogen and oxygen atoms in total. The summed E-state index contributed by atoms with van der Waals surface area (Å²) in [5, 5.41) is 10.8. The first-order valence-electron chi connectivity index (χ1n) is 11.4. The average molecular weight is 453 g/mol. The summed E-state index contributed by atoms with van der Waals surface area (Å²) in [5.74, 6) is 0.924. The molecule has 1 saturated carbocycles. The number of nitrogens with zero attached hydrogens (tertiary/aromatic N) is 4. The van der Waals surface area contributed by atoms with E-state index in [1.165, 1.54) is 18.4 Å². The third-order valence-corrected chi connectivity index (χ3v) is 6.50. The number of rotatable bonds is 7. The summed E-state index contributed by atoms with van der Waals surface area (Å²) in [4.78, 5) is 21.3. The lowest BCUT2D eigenvalue weighted by atomic mass is 10.2. The number of fused-ring (bicyclic) bond motifs is 2. The van der Waals surface area contributed by atoms with Crippen molar-refractivity contribution < 1.29 is 14.6 Å². The minimum Gasteiger partial charge on any atom is -0.494 e. The van der Waals surface area contributed by atoms with Crippen LogP contribution in [0.15, 0.2) is 66.9 Å². The maximum atomic E-state index is 11.8. The van der Waals surface area contributed by atoms with E-state index < -0.39 is 5.97 Å². The molecule has 34 heavy (non-hydrogen) atoms. The van der Waals surface area contributed by atoms with Crippen LogP contribution in [0.25, 0.3) is 33.5 Å². The lowest BCUT2D eigenvalue weighted by Gasteiger charge is -2.14. The largest absolute Gasteiger partial charge is 0.494 e. The predicted molar refractivity (Wildman–Crippen MR) is 130 cm³/mol. The monoisotopic (exact) mass is 452 g/mol. The summed E-state index contributed by atoms with van der Waals surface area (Å²) in [6, 6.07) is 19.6. The number of ether oxygens (including phenoxy) is 1.